The zero-order valence-corrected chi connectivity index (χ0v) is 18.1. The van der Waals surface area contributed by atoms with Crippen molar-refractivity contribution in [2.75, 3.05) is 31.6 Å². The number of halogens is 2. The number of nitrogens with zero attached hydrogens (tertiary/aromatic N) is 1. The van der Waals surface area contributed by atoms with E-state index in [-0.39, 0.29) is 17.7 Å². The molecule has 4 rings (SSSR count). The summed E-state index contributed by atoms with van der Waals surface area (Å²) in [5.74, 6) is -0.00418. The molecule has 2 aromatic heterocycles. The van der Waals surface area contributed by atoms with Crippen molar-refractivity contribution < 1.29 is 13.9 Å². The zero-order valence-electron chi connectivity index (χ0n) is 15.8. The number of aryl methyl sites for hydroxylation is 1. The minimum atomic E-state index is -0.277. The molecule has 29 heavy (non-hydrogen) atoms. The van der Waals surface area contributed by atoms with E-state index in [4.69, 9.17) is 32.4 Å². The Morgan fingerprint density at radius 2 is 1.97 bits per heavy atom. The van der Waals surface area contributed by atoms with Gasteiger partial charge in [-0.15, -0.1) is 11.3 Å². The van der Waals surface area contributed by atoms with Gasteiger partial charge < -0.3 is 14.5 Å². The molecule has 1 amide bonds. The Balaban J connectivity index is 1.75. The van der Waals surface area contributed by atoms with Crippen LogP contribution in [0.3, 0.4) is 0 Å². The first-order valence-corrected chi connectivity index (χ1v) is 10.8. The van der Waals surface area contributed by atoms with E-state index in [9.17, 15) is 4.79 Å². The predicted octanol–water partition coefficient (Wildman–Crippen LogP) is 5.63. The van der Waals surface area contributed by atoms with Crippen LogP contribution in [0.5, 0.6) is 0 Å². The first-order valence-electron chi connectivity index (χ1n) is 9.25. The Hall–Kier alpha value is -1.83. The minimum Gasteiger partial charge on any atom is -0.459 e. The lowest BCUT2D eigenvalue weighted by Gasteiger charge is -2.35. The predicted molar refractivity (Wildman–Crippen MR) is 116 cm³/mol. The highest BCUT2D eigenvalue weighted by molar-refractivity contribution is 7.16. The molecular weight excluding hydrogens is 431 g/mol. The molecule has 1 aliphatic heterocycles. The van der Waals surface area contributed by atoms with Gasteiger partial charge in [0.25, 0.3) is 5.91 Å². The van der Waals surface area contributed by atoms with E-state index in [1.54, 1.807) is 18.2 Å². The van der Waals surface area contributed by atoms with Gasteiger partial charge in [0.15, 0.2) is 5.76 Å². The fourth-order valence-electron chi connectivity index (χ4n) is 3.53. The molecule has 0 radical (unpaired) electrons. The number of carbonyl (C=O) groups excluding carboxylic acids is 1. The van der Waals surface area contributed by atoms with Crippen molar-refractivity contribution in [2.45, 2.75) is 13.0 Å². The van der Waals surface area contributed by atoms with Crippen LogP contribution >= 0.6 is 34.5 Å². The molecule has 1 saturated heterocycles. The number of furan rings is 1. The highest BCUT2D eigenvalue weighted by atomic mass is 35.5. The van der Waals surface area contributed by atoms with Crippen LogP contribution in [0.2, 0.25) is 10.0 Å². The maximum absolute atomic E-state index is 12.6. The van der Waals surface area contributed by atoms with Crippen molar-refractivity contribution in [1.29, 1.82) is 0 Å². The SMILES string of the molecule is Cc1cc([C@H](c2ccc(Cl)cc2Cl)N2CCOCC2)c(NC(=O)c2ccco2)s1. The maximum Gasteiger partial charge on any atom is 0.291 e. The van der Waals surface area contributed by atoms with Gasteiger partial charge in [-0.1, -0.05) is 29.3 Å². The molecule has 8 heteroatoms. The Bertz CT molecular complexity index is 998. The molecule has 0 saturated carbocycles. The average molecular weight is 451 g/mol. The van der Waals surface area contributed by atoms with Gasteiger partial charge in [0, 0.05) is 33.6 Å². The molecule has 5 nitrogen and oxygen atoms in total. The second-order valence-corrected chi connectivity index (χ2v) is 8.89. The van der Waals surface area contributed by atoms with Gasteiger partial charge in [0.1, 0.15) is 5.00 Å². The second kappa shape index (κ2) is 8.90. The van der Waals surface area contributed by atoms with E-state index < -0.39 is 0 Å². The van der Waals surface area contributed by atoms with Crippen LogP contribution in [0.15, 0.2) is 47.1 Å². The number of thiophene rings is 1. The molecule has 1 aliphatic rings. The summed E-state index contributed by atoms with van der Waals surface area (Å²) in [5, 5.41) is 4.98. The summed E-state index contributed by atoms with van der Waals surface area (Å²) in [6.07, 6.45) is 1.49. The number of amides is 1. The summed E-state index contributed by atoms with van der Waals surface area (Å²) in [6, 6.07) is 10.9. The third-order valence-electron chi connectivity index (χ3n) is 4.82. The number of carbonyl (C=O) groups is 1. The summed E-state index contributed by atoms with van der Waals surface area (Å²) < 4.78 is 10.8. The molecule has 1 fully saturated rings. The third kappa shape index (κ3) is 4.52. The molecule has 0 spiro atoms. The number of ether oxygens (including phenoxy) is 1. The van der Waals surface area contributed by atoms with Crippen LogP contribution in [0.25, 0.3) is 0 Å². The fourth-order valence-corrected chi connectivity index (χ4v) is 4.98. The minimum absolute atomic E-state index is 0.125. The van der Waals surface area contributed by atoms with E-state index in [1.807, 2.05) is 19.1 Å². The molecular formula is C21H20Cl2N2O3S. The number of hydrogen-bond donors (Lipinski definition) is 1. The van der Waals surface area contributed by atoms with Gasteiger partial charge in [0.2, 0.25) is 0 Å². The van der Waals surface area contributed by atoms with E-state index in [0.29, 0.717) is 23.3 Å². The third-order valence-corrected chi connectivity index (χ3v) is 6.36. The smallest absolute Gasteiger partial charge is 0.291 e. The van der Waals surface area contributed by atoms with E-state index in [1.165, 1.54) is 17.6 Å². The van der Waals surface area contributed by atoms with Crippen molar-refractivity contribution in [3.8, 4) is 0 Å². The lowest BCUT2D eigenvalue weighted by Crippen LogP contribution is -2.39. The van der Waals surface area contributed by atoms with Gasteiger partial charge in [-0.3, -0.25) is 9.69 Å². The number of rotatable bonds is 5. The Kier molecular flexibility index (Phi) is 6.27. The molecule has 1 aromatic carbocycles. The van der Waals surface area contributed by atoms with Crippen LogP contribution in [0.4, 0.5) is 5.00 Å². The Labute approximate surface area is 183 Å². The summed E-state index contributed by atoms with van der Waals surface area (Å²) in [7, 11) is 0. The van der Waals surface area contributed by atoms with Gasteiger partial charge in [-0.2, -0.15) is 0 Å². The van der Waals surface area contributed by atoms with Crippen molar-refractivity contribution in [3.05, 3.63) is 74.5 Å². The number of anilines is 1. The average Bonchev–Trinajstić information content (AvgIpc) is 3.35. The van der Waals surface area contributed by atoms with Gasteiger partial charge in [-0.05, 0) is 42.8 Å². The number of nitrogens with one attached hydrogen (secondary N) is 1. The van der Waals surface area contributed by atoms with Crippen LogP contribution in [-0.2, 0) is 4.74 Å². The van der Waals surface area contributed by atoms with Crippen LogP contribution in [0.1, 0.15) is 32.6 Å². The number of hydrogen-bond acceptors (Lipinski definition) is 5. The van der Waals surface area contributed by atoms with Crippen molar-refractivity contribution >= 4 is 45.4 Å². The normalized spacial score (nSPS) is 16.0. The van der Waals surface area contributed by atoms with E-state index in [2.05, 4.69) is 16.3 Å². The van der Waals surface area contributed by atoms with E-state index in [0.717, 1.165) is 34.1 Å². The topological polar surface area (TPSA) is 54.7 Å². The molecule has 152 valence electrons. The van der Waals surface area contributed by atoms with Crippen molar-refractivity contribution in [1.82, 2.24) is 4.90 Å². The van der Waals surface area contributed by atoms with Crippen molar-refractivity contribution in [2.24, 2.45) is 0 Å². The second-order valence-electron chi connectivity index (χ2n) is 6.79. The lowest BCUT2D eigenvalue weighted by atomic mass is 9.97. The molecule has 1 N–H and O–H groups in total. The van der Waals surface area contributed by atoms with Crippen molar-refractivity contribution in [3.63, 3.8) is 0 Å². The Morgan fingerprint density at radius 3 is 2.66 bits per heavy atom. The molecule has 3 aromatic rings. The number of benzene rings is 1. The fraction of sp³-hybridized carbons (Fsp3) is 0.286. The Morgan fingerprint density at radius 1 is 1.17 bits per heavy atom. The highest BCUT2D eigenvalue weighted by Gasteiger charge is 2.30. The first-order chi connectivity index (χ1) is 14.0. The maximum atomic E-state index is 12.6. The van der Waals surface area contributed by atoms with Gasteiger partial charge >= 0.3 is 0 Å². The standard InChI is InChI=1S/C21H20Cl2N2O3S/c1-13-11-16(21(29-13)24-20(26)18-3-2-8-28-18)19(25-6-9-27-10-7-25)15-5-4-14(22)12-17(15)23/h2-5,8,11-12,19H,6-7,9-10H2,1H3,(H,24,26)/t19-/m0/s1. The molecule has 0 bridgehead atoms. The van der Waals surface area contributed by atoms with Gasteiger partial charge in [-0.25, -0.2) is 0 Å². The summed E-state index contributed by atoms with van der Waals surface area (Å²) in [5.41, 5.74) is 1.95. The largest absolute Gasteiger partial charge is 0.459 e. The van der Waals surface area contributed by atoms with Crippen LogP contribution in [0, 0.1) is 6.92 Å². The van der Waals surface area contributed by atoms with Crippen LogP contribution in [-0.4, -0.2) is 37.1 Å². The zero-order chi connectivity index (χ0) is 20.4. The molecule has 3 heterocycles. The lowest BCUT2D eigenvalue weighted by molar-refractivity contribution is 0.0241. The first kappa shape index (κ1) is 20.4. The highest BCUT2D eigenvalue weighted by Crippen LogP contribution is 2.42. The van der Waals surface area contributed by atoms with Gasteiger partial charge in [0.05, 0.1) is 25.5 Å². The summed E-state index contributed by atoms with van der Waals surface area (Å²) in [4.78, 5) is 16.0. The molecule has 0 unspecified atom stereocenters. The quantitative estimate of drug-likeness (QED) is 0.546. The van der Waals surface area contributed by atoms with E-state index >= 15 is 0 Å². The van der Waals surface area contributed by atoms with Crippen LogP contribution < -0.4 is 5.32 Å². The molecule has 1 atom stereocenters. The molecule has 0 aliphatic carbocycles. The number of morpholine rings is 1. The summed E-state index contributed by atoms with van der Waals surface area (Å²) in [6.45, 7) is 4.86. The summed E-state index contributed by atoms with van der Waals surface area (Å²) >= 11 is 14.3. The monoisotopic (exact) mass is 450 g/mol.